The number of alkyl halides is 3. The molecule has 2 saturated carbocycles. The van der Waals surface area contributed by atoms with E-state index in [0.717, 1.165) is 0 Å². The first-order valence-corrected chi connectivity index (χ1v) is 21.1. The van der Waals surface area contributed by atoms with E-state index in [4.69, 9.17) is 18.9 Å². The van der Waals surface area contributed by atoms with Crippen molar-refractivity contribution in [2.75, 3.05) is 20.8 Å². The Hall–Kier alpha value is -4.81. The number of sulfonamides is 1. The predicted octanol–water partition coefficient (Wildman–Crippen LogP) is 4.92. The molecule has 4 aliphatic rings. The summed E-state index contributed by atoms with van der Waals surface area (Å²) in [6, 6.07) is 4.03. The summed E-state index contributed by atoms with van der Waals surface area (Å²) in [4.78, 5) is 62.1. The number of benzene rings is 1. The van der Waals surface area contributed by atoms with Gasteiger partial charge in [0.25, 0.3) is 5.91 Å². The average Bonchev–Trinajstić information content (AvgIpc) is 4.04. The number of carbonyl (C=O) groups excluding carboxylic acids is 4. The predicted molar refractivity (Wildman–Crippen MR) is 208 cm³/mol. The summed E-state index contributed by atoms with van der Waals surface area (Å²) >= 11 is 0. The summed E-state index contributed by atoms with van der Waals surface area (Å²) in [6.45, 7) is 6.27. The van der Waals surface area contributed by atoms with Gasteiger partial charge in [0, 0.05) is 23.8 Å². The Labute approximate surface area is 341 Å². The number of amides is 4. The highest BCUT2D eigenvalue weighted by Crippen LogP contribution is 2.48. The fourth-order valence-electron chi connectivity index (χ4n) is 7.70. The van der Waals surface area contributed by atoms with Gasteiger partial charge in [-0.25, -0.2) is 13.2 Å². The van der Waals surface area contributed by atoms with Gasteiger partial charge in [0.15, 0.2) is 0 Å². The zero-order chi connectivity index (χ0) is 43.3. The van der Waals surface area contributed by atoms with Gasteiger partial charge in [-0.1, -0.05) is 26.0 Å². The molecule has 6 rings (SSSR count). The van der Waals surface area contributed by atoms with Gasteiger partial charge in [-0.3, -0.25) is 19.1 Å². The standard InChI is InChI=1S/C40H52F3N5O10S/c1-22-10-8-9-11-25-20-39(25,35(51)47-59(53,54)38(5)14-15-38)46-32(49)29-19-27(57-33-28-13-12-26(55-6)17-24(28)18-30(44-33)56-7)21-48(29)34(50)31(23(2)16-22)45-36(52)58-37(3,4)40(41,42)43/h9,11-13,17-18,22-23,25,27,29,31H,8,10,14-16,19-21H2,1-7H3,(H,45,52)(H,46,49)(H,47,51)/b11-9-/t22-,23+,25?,27+,29-,31-,39+/m0/s1. The molecule has 0 spiro atoms. The topological polar surface area (TPSA) is 192 Å². The first-order chi connectivity index (χ1) is 27.5. The maximum absolute atomic E-state index is 14.8. The molecule has 324 valence electrons. The van der Waals surface area contributed by atoms with E-state index in [1.807, 2.05) is 13.0 Å². The van der Waals surface area contributed by atoms with E-state index in [2.05, 4.69) is 20.3 Å². The highest BCUT2D eigenvalue weighted by atomic mass is 32.2. The Morgan fingerprint density at radius 2 is 1.76 bits per heavy atom. The van der Waals surface area contributed by atoms with E-state index in [9.17, 15) is 40.8 Å². The second-order valence-electron chi connectivity index (χ2n) is 17.0. The van der Waals surface area contributed by atoms with Gasteiger partial charge in [-0.15, -0.1) is 0 Å². The third-order valence-corrected chi connectivity index (χ3v) is 14.2. The number of halogens is 3. The highest BCUT2D eigenvalue weighted by Gasteiger charge is 2.63. The lowest BCUT2D eigenvalue weighted by Gasteiger charge is -2.34. The minimum absolute atomic E-state index is 0.0487. The van der Waals surface area contributed by atoms with Crippen LogP contribution in [-0.4, -0.2) is 103 Å². The van der Waals surface area contributed by atoms with Crippen LogP contribution < -0.4 is 29.6 Å². The Morgan fingerprint density at radius 1 is 1.05 bits per heavy atom. The molecule has 0 bridgehead atoms. The van der Waals surface area contributed by atoms with Crippen LogP contribution in [0.2, 0.25) is 0 Å². The van der Waals surface area contributed by atoms with Gasteiger partial charge in [0.1, 0.15) is 29.5 Å². The van der Waals surface area contributed by atoms with Gasteiger partial charge in [-0.2, -0.15) is 18.2 Å². The molecule has 1 aromatic heterocycles. The summed E-state index contributed by atoms with van der Waals surface area (Å²) < 4.78 is 90.8. The maximum atomic E-state index is 14.8. The number of fused-ring (bicyclic) bond motifs is 3. The fourth-order valence-corrected chi connectivity index (χ4v) is 9.01. The Bertz CT molecular complexity index is 2120. The number of allylic oxidation sites excluding steroid dienone is 1. The second-order valence-corrected chi connectivity index (χ2v) is 19.2. The SMILES string of the molecule is COc1ccc2c(O[C@@H]3C[C@H]4C(=O)N[C@]5(C(=O)NS(=O)(=O)C6(C)CC6)CC5/C=C\CC[C@H](C)C[C@@H](C)[C@H](NC(=O)OC(C)(C)C(F)(F)F)C(=O)N4C3)nc(OC)cc2c1. The number of hydrogen-bond donors (Lipinski definition) is 3. The number of ether oxygens (including phenoxy) is 4. The fraction of sp³-hybridized carbons (Fsp3) is 0.625. The van der Waals surface area contributed by atoms with Crippen molar-refractivity contribution in [3.63, 3.8) is 0 Å². The molecule has 3 fully saturated rings. The van der Waals surface area contributed by atoms with Crippen LogP contribution in [0.5, 0.6) is 17.5 Å². The van der Waals surface area contributed by atoms with Crippen molar-refractivity contribution in [3.8, 4) is 17.5 Å². The van der Waals surface area contributed by atoms with Crippen molar-refractivity contribution in [1.82, 2.24) is 25.2 Å². The lowest BCUT2D eigenvalue weighted by Crippen LogP contribution is -2.59. The van der Waals surface area contributed by atoms with Crippen LogP contribution in [-0.2, 0) is 29.1 Å². The molecule has 2 aliphatic heterocycles. The molecule has 7 atom stereocenters. The smallest absolute Gasteiger partial charge is 0.427 e. The number of methoxy groups -OCH3 is 2. The van der Waals surface area contributed by atoms with E-state index < -0.39 is 85.9 Å². The van der Waals surface area contributed by atoms with Gasteiger partial charge in [0.05, 0.1) is 25.5 Å². The van der Waals surface area contributed by atoms with E-state index >= 15 is 0 Å². The molecular formula is C40H52F3N5O10S. The lowest BCUT2D eigenvalue weighted by atomic mass is 9.88. The zero-order valence-electron chi connectivity index (χ0n) is 34.1. The van der Waals surface area contributed by atoms with Crippen LogP contribution in [0.1, 0.15) is 79.6 Å². The molecule has 2 aromatic rings. The monoisotopic (exact) mass is 851 g/mol. The lowest BCUT2D eigenvalue weighted by molar-refractivity contribution is -0.244. The molecule has 1 unspecified atom stereocenters. The number of nitrogens with one attached hydrogen (secondary N) is 3. The number of rotatable bonds is 9. The Morgan fingerprint density at radius 3 is 2.41 bits per heavy atom. The Kier molecular flexibility index (Phi) is 11.9. The largest absolute Gasteiger partial charge is 0.497 e. The summed E-state index contributed by atoms with van der Waals surface area (Å²) in [6.07, 6.45) is -1.50. The summed E-state index contributed by atoms with van der Waals surface area (Å²) in [5.74, 6) is -2.90. The van der Waals surface area contributed by atoms with Crippen LogP contribution in [0.4, 0.5) is 18.0 Å². The van der Waals surface area contributed by atoms with Crippen LogP contribution >= 0.6 is 0 Å². The molecule has 19 heteroatoms. The highest BCUT2D eigenvalue weighted by molar-refractivity contribution is 7.91. The van der Waals surface area contributed by atoms with Crippen molar-refractivity contribution in [2.45, 2.75) is 120 Å². The molecule has 1 aromatic carbocycles. The number of pyridine rings is 1. The molecular weight excluding hydrogens is 800 g/mol. The molecule has 4 amide bonds. The van der Waals surface area contributed by atoms with Crippen molar-refractivity contribution < 1.29 is 59.7 Å². The van der Waals surface area contributed by atoms with Crippen LogP contribution in [0, 0.1) is 17.8 Å². The van der Waals surface area contributed by atoms with Crippen LogP contribution in [0.3, 0.4) is 0 Å². The van der Waals surface area contributed by atoms with E-state index in [1.165, 1.54) is 26.0 Å². The van der Waals surface area contributed by atoms with Crippen molar-refractivity contribution in [2.24, 2.45) is 17.8 Å². The van der Waals surface area contributed by atoms with Crippen molar-refractivity contribution in [1.29, 1.82) is 0 Å². The molecule has 59 heavy (non-hydrogen) atoms. The normalized spacial score (nSPS) is 29.1. The second kappa shape index (κ2) is 16.0. The van der Waals surface area contributed by atoms with E-state index in [0.29, 0.717) is 62.5 Å². The molecule has 3 N–H and O–H groups in total. The third kappa shape index (κ3) is 9.04. The first-order valence-electron chi connectivity index (χ1n) is 19.6. The van der Waals surface area contributed by atoms with E-state index in [1.54, 1.807) is 37.3 Å². The number of hydrogen-bond acceptors (Lipinski definition) is 11. The maximum Gasteiger partial charge on any atom is 0.427 e. The average molecular weight is 852 g/mol. The Balaban J connectivity index is 1.37. The zero-order valence-corrected chi connectivity index (χ0v) is 34.9. The minimum atomic E-state index is -4.92. The van der Waals surface area contributed by atoms with Crippen LogP contribution in [0.15, 0.2) is 36.4 Å². The summed E-state index contributed by atoms with van der Waals surface area (Å²) in [5.41, 5.74) is -4.55. The summed E-state index contributed by atoms with van der Waals surface area (Å²) in [5, 5.41) is 6.37. The quantitative estimate of drug-likeness (QED) is 0.290. The van der Waals surface area contributed by atoms with Crippen LogP contribution in [0.25, 0.3) is 10.8 Å². The van der Waals surface area contributed by atoms with Crippen molar-refractivity contribution in [3.05, 3.63) is 36.4 Å². The number of aromatic nitrogens is 1. The van der Waals surface area contributed by atoms with Gasteiger partial charge < -0.3 is 34.5 Å². The molecule has 1 saturated heterocycles. The van der Waals surface area contributed by atoms with Gasteiger partial charge in [-0.05, 0) is 94.7 Å². The van der Waals surface area contributed by atoms with Gasteiger partial charge in [0.2, 0.25) is 39.2 Å². The molecule has 2 aliphatic carbocycles. The molecule has 3 heterocycles. The van der Waals surface area contributed by atoms with Crippen molar-refractivity contribution >= 4 is 44.6 Å². The van der Waals surface area contributed by atoms with E-state index in [-0.39, 0.29) is 37.1 Å². The van der Waals surface area contributed by atoms with Gasteiger partial charge >= 0.3 is 12.3 Å². The third-order valence-electron chi connectivity index (χ3n) is 12.0. The number of alkyl carbamates (subject to hydrolysis) is 1. The number of carbonyl (C=O) groups is 4. The molecule has 15 nitrogen and oxygen atoms in total. The molecule has 0 radical (unpaired) electrons. The number of nitrogens with zero attached hydrogens (tertiary/aromatic N) is 2. The first kappa shape index (κ1) is 43.8. The minimum Gasteiger partial charge on any atom is -0.497 e. The summed E-state index contributed by atoms with van der Waals surface area (Å²) in [7, 11) is -1.15.